The van der Waals surface area contributed by atoms with Crippen LogP contribution < -0.4 is 0 Å². The van der Waals surface area contributed by atoms with Gasteiger partial charge in [0.15, 0.2) is 0 Å². The lowest BCUT2D eigenvalue weighted by Gasteiger charge is -2.35. The summed E-state index contributed by atoms with van der Waals surface area (Å²) < 4.78 is 10.2. The third-order valence-electron chi connectivity index (χ3n) is 3.86. The number of methoxy groups -OCH3 is 1. The van der Waals surface area contributed by atoms with Crippen molar-refractivity contribution >= 4 is 0 Å². The zero-order valence-corrected chi connectivity index (χ0v) is 11.8. The normalized spacial score (nSPS) is 18.9. The molecule has 2 rings (SSSR count). The second kappa shape index (κ2) is 7.68. The Hall–Kier alpha value is -0.840. The molecule has 1 atom stereocenters. The van der Waals surface area contributed by atoms with Crippen LogP contribution in [0.3, 0.4) is 0 Å². The fourth-order valence-electron chi connectivity index (χ4n) is 2.92. The van der Waals surface area contributed by atoms with E-state index >= 15 is 0 Å². The summed E-state index contributed by atoms with van der Waals surface area (Å²) in [5, 5.41) is 9.99. The van der Waals surface area contributed by atoms with Gasteiger partial charge in [0.05, 0.1) is 25.2 Å². The summed E-state index contributed by atoms with van der Waals surface area (Å²) in [6.45, 7) is 1.92. The maximum atomic E-state index is 9.99. The van der Waals surface area contributed by atoms with Gasteiger partial charge < -0.3 is 14.3 Å². The fourth-order valence-corrected chi connectivity index (χ4v) is 2.92. The number of hydrogen-bond acceptors (Lipinski definition) is 4. The molecule has 1 heterocycles. The van der Waals surface area contributed by atoms with Gasteiger partial charge in [0.2, 0.25) is 0 Å². The first-order valence-corrected chi connectivity index (χ1v) is 7.21. The molecule has 1 aliphatic carbocycles. The van der Waals surface area contributed by atoms with Crippen LogP contribution in [-0.2, 0) is 11.3 Å². The Morgan fingerprint density at radius 1 is 1.42 bits per heavy atom. The van der Waals surface area contributed by atoms with Crippen LogP contribution in [0.2, 0.25) is 0 Å². The van der Waals surface area contributed by atoms with E-state index in [9.17, 15) is 5.11 Å². The molecule has 0 radical (unpaired) electrons. The number of nitrogens with zero attached hydrogens (tertiary/aromatic N) is 1. The minimum Gasteiger partial charge on any atom is -0.472 e. The number of aliphatic hydroxyl groups excluding tert-OH is 1. The SMILES string of the molecule is COC[C@H](O)CN(Cc1ccoc1)C1CCCCC1. The van der Waals surface area contributed by atoms with Crippen molar-refractivity contribution in [3.63, 3.8) is 0 Å². The van der Waals surface area contributed by atoms with Gasteiger partial charge in [0.25, 0.3) is 0 Å². The van der Waals surface area contributed by atoms with Crippen LogP contribution in [-0.4, -0.2) is 42.4 Å². The molecule has 4 nitrogen and oxygen atoms in total. The zero-order valence-electron chi connectivity index (χ0n) is 11.8. The van der Waals surface area contributed by atoms with Gasteiger partial charge >= 0.3 is 0 Å². The van der Waals surface area contributed by atoms with E-state index < -0.39 is 6.10 Å². The van der Waals surface area contributed by atoms with Crippen molar-refractivity contribution < 1.29 is 14.3 Å². The average Bonchev–Trinajstić information content (AvgIpc) is 2.92. The Balaban J connectivity index is 1.94. The predicted octanol–water partition coefficient (Wildman–Crippen LogP) is 2.42. The molecule has 0 aromatic carbocycles. The Kier molecular flexibility index (Phi) is 5.89. The fraction of sp³-hybridized carbons (Fsp3) is 0.733. The second-order valence-corrected chi connectivity index (χ2v) is 5.46. The van der Waals surface area contributed by atoms with E-state index in [0.717, 1.165) is 6.54 Å². The summed E-state index contributed by atoms with van der Waals surface area (Å²) in [4.78, 5) is 2.38. The highest BCUT2D eigenvalue weighted by Crippen LogP contribution is 2.24. The van der Waals surface area contributed by atoms with E-state index in [4.69, 9.17) is 9.15 Å². The highest BCUT2D eigenvalue weighted by molar-refractivity contribution is 5.05. The molecular formula is C15H25NO3. The minimum atomic E-state index is -0.418. The molecular weight excluding hydrogens is 242 g/mol. The zero-order chi connectivity index (χ0) is 13.5. The number of rotatable bonds is 7. The summed E-state index contributed by atoms with van der Waals surface area (Å²) in [7, 11) is 1.63. The lowest BCUT2D eigenvalue weighted by Crippen LogP contribution is -2.42. The Labute approximate surface area is 115 Å². The third-order valence-corrected chi connectivity index (χ3v) is 3.86. The molecule has 0 unspecified atom stereocenters. The smallest absolute Gasteiger partial charge is 0.0947 e. The lowest BCUT2D eigenvalue weighted by atomic mass is 9.93. The minimum absolute atomic E-state index is 0.397. The Morgan fingerprint density at radius 3 is 2.84 bits per heavy atom. The van der Waals surface area contributed by atoms with Crippen molar-refractivity contribution in [2.24, 2.45) is 0 Å². The lowest BCUT2D eigenvalue weighted by molar-refractivity contribution is 0.0181. The number of hydrogen-bond donors (Lipinski definition) is 1. The summed E-state index contributed by atoms with van der Waals surface area (Å²) in [5.74, 6) is 0. The molecule has 4 heteroatoms. The van der Waals surface area contributed by atoms with Crippen molar-refractivity contribution in [3.05, 3.63) is 24.2 Å². The van der Waals surface area contributed by atoms with E-state index in [-0.39, 0.29) is 0 Å². The topological polar surface area (TPSA) is 45.8 Å². The Morgan fingerprint density at radius 2 is 2.21 bits per heavy atom. The summed E-state index contributed by atoms with van der Waals surface area (Å²) in [6, 6.07) is 2.58. The van der Waals surface area contributed by atoms with Crippen LogP contribution in [0.25, 0.3) is 0 Å². The maximum Gasteiger partial charge on any atom is 0.0947 e. The van der Waals surface area contributed by atoms with Crippen molar-refractivity contribution in [1.29, 1.82) is 0 Å². The molecule has 0 saturated heterocycles. The molecule has 0 spiro atoms. The molecule has 1 aromatic rings. The molecule has 1 aliphatic rings. The van der Waals surface area contributed by atoms with Gasteiger partial charge in [-0.05, 0) is 18.9 Å². The second-order valence-electron chi connectivity index (χ2n) is 5.46. The Bertz CT molecular complexity index is 333. The first-order chi connectivity index (χ1) is 9.29. The van der Waals surface area contributed by atoms with E-state index in [1.54, 1.807) is 19.6 Å². The van der Waals surface area contributed by atoms with Gasteiger partial charge in [-0.3, -0.25) is 4.90 Å². The standard InChI is InChI=1S/C15H25NO3/c1-18-12-15(17)10-16(9-13-7-8-19-11-13)14-5-3-2-4-6-14/h7-8,11,14-15,17H,2-6,9-10,12H2,1H3/t15-/m1/s1. The van der Waals surface area contributed by atoms with E-state index in [1.807, 2.05) is 6.07 Å². The quantitative estimate of drug-likeness (QED) is 0.824. The van der Waals surface area contributed by atoms with E-state index in [1.165, 1.54) is 37.7 Å². The molecule has 0 amide bonds. The maximum absolute atomic E-state index is 9.99. The third kappa shape index (κ3) is 4.64. The van der Waals surface area contributed by atoms with Crippen LogP contribution in [0, 0.1) is 0 Å². The van der Waals surface area contributed by atoms with Crippen molar-refractivity contribution in [3.8, 4) is 0 Å². The average molecular weight is 267 g/mol. The molecule has 1 fully saturated rings. The van der Waals surface area contributed by atoms with E-state index in [2.05, 4.69) is 4.90 Å². The van der Waals surface area contributed by atoms with Gasteiger partial charge in [0.1, 0.15) is 0 Å². The largest absolute Gasteiger partial charge is 0.472 e. The highest BCUT2D eigenvalue weighted by Gasteiger charge is 2.23. The van der Waals surface area contributed by atoms with Crippen molar-refractivity contribution in [2.45, 2.75) is 50.8 Å². The molecule has 1 N–H and O–H groups in total. The van der Waals surface area contributed by atoms with Crippen molar-refractivity contribution in [1.82, 2.24) is 4.90 Å². The molecule has 0 bridgehead atoms. The molecule has 1 saturated carbocycles. The van der Waals surface area contributed by atoms with Crippen LogP contribution >= 0.6 is 0 Å². The number of aliphatic hydroxyl groups is 1. The van der Waals surface area contributed by atoms with E-state index in [0.29, 0.717) is 19.2 Å². The number of furan rings is 1. The van der Waals surface area contributed by atoms with Gasteiger partial charge in [-0.25, -0.2) is 0 Å². The molecule has 1 aromatic heterocycles. The van der Waals surface area contributed by atoms with Crippen LogP contribution in [0.15, 0.2) is 23.0 Å². The number of ether oxygens (including phenoxy) is 1. The predicted molar refractivity (Wildman–Crippen MR) is 73.9 cm³/mol. The summed E-state index contributed by atoms with van der Waals surface area (Å²) >= 11 is 0. The summed E-state index contributed by atoms with van der Waals surface area (Å²) in [5.41, 5.74) is 1.18. The first-order valence-electron chi connectivity index (χ1n) is 7.21. The molecule has 108 valence electrons. The first kappa shape index (κ1) is 14.6. The molecule has 19 heavy (non-hydrogen) atoms. The highest BCUT2D eigenvalue weighted by atomic mass is 16.5. The molecule has 0 aliphatic heterocycles. The van der Waals surface area contributed by atoms with Crippen LogP contribution in [0.5, 0.6) is 0 Å². The van der Waals surface area contributed by atoms with Gasteiger partial charge in [-0.2, -0.15) is 0 Å². The van der Waals surface area contributed by atoms with Crippen LogP contribution in [0.4, 0.5) is 0 Å². The monoisotopic (exact) mass is 267 g/mol. The summed E-state index contributed by atoms with van der Waals surface area (Å²) in [6.07, 6.45) is 9.49. The van der Waals surface area contributed by atoms with Gasteiger partial charge in [-0.15, -0.1) is 0 Å². The van der Waals surface area contributed by atoms with Gasteiger partial charge in [-0.1, -0.05) is 19.3 Å². The van der Waals surface area contributed by atoms with Gasteiger partial charge in [0, 0.05) is 31.8 Å². The van der Waals surface area contributed by atoms with Crippen LogP contribution in [0.1, 0.15) is 37.7 Å². The van der Waals surface area contributed by atoms with Crippen molar-refractivity contribution in [2.75, 3.05) is 20.3 Å².